The summed E-state index contributed by atoms with van der Waals surface area (Å²) in [6, 6.07) is 12.5. The maximum Gasteiger partial charge on any atom is 0.251 e. The number of furan rings is 1. The summed E-state index contributed by atoms with van der Waals surface area (Å²) in [6.45, 7) is 0.642. The van der Waals surface area contributed by atoms with Crippen LogP contribution in [0.4, 0.5) is 0 Å². The van der Waals surface area contributed by atoms with Gasteiger partial charge in [-0.15, -0.1) is 0 Å². The van der Waals surface area contributed by atoms with E-state index in [0.29, 0.717) is 24.4 Å². The van der Waals surface area contributed by atoms with Gasteiger partial charge in [0, 0.05) is 25.2 Å². The quantitative estimate of drug-likeness (QED) is 0.787. The molecule has 1 aromatic carbocycles. The molecule has 0 saturated carbocycles. The van der Waals surface area contributed by atoms with Crippen LogP contribution in [0.3, 0.4) is 0 Å². The van der Waals surface area contributed by atoms with Crippen LogP contribution < -0.4 is 5.32 Å². The fraction of sp³-hybridized carbons (Fsp3) is 0.211. The SMILES string of the molecule is CNC(=O)c1ccc(/C=C/C(=O)N(CCC#N)Cc2ccco2)cc1. The van der Waals surface area contributed by atoms with Gasteiger partial charge in [0.1, 0.15) is 5.76 Å². The van der Waals surface area contributed by atoms with E-state index in [-0.39, 0.29) is 18.2 Å². The fourth-order valence-corrected chi connectivity index (χ4v) is 2.21. The summed E-state index contributed by atoms with van der Waals surface area (Å²) >= 11 is 0. The lowest BCUT2D eigenvalue weighted by atomic mass is 10.1. The average Bonchev–Trinajstić information content (AvgIpc) is 3.16. The normalized spacial score (nSPS) is 10.4. The van der Waals surface area contributed by atoms with Gasteiger partial charge in [0.2, 0.25) is 5.91 Å². The Morgan fingerprint density at radius 2 is 2.04 bits per heavy atom. The third-order valence-corrected chi connectivity index (χ3v) is 3.55. The molecule has 0 spiro atoms. The molecule has 0 saturated heterocycles. The summed E-state index contributed by atoms with van der Waals surface area (Å²) in [6.07, 6.45) is 4.93. The molecule has 0 fully saturated rings. The molecule has 1 aromatic heterocycles. The highest BCUT2D eigenvalue weighted by Gasteiger charge is 2.12. The number of hydrogen-bond donors (Lipinski definition) is 1. The van der Waals surface area contributed by atoms with Crippen LogP contribution >= 0.6 is 0 Å². The van der Waals surface area contributed by atoms with Crippen molar-refractivity contribution in [3.05, 3.63) is 65.6 Å². The van der Waals surface area contributed by atoms with Crippen LogP contribution in [0, 0.1) is 11.3 Å². The molecule has 0 aliphatic carbocycles. The molecule has 6 nitrogen and oxygen atoms in total. The van der Waals surface area contributed by atoms with E-state index < -0.39 is 0 Å². The van der Waals surface area contributed by atoms with Gasteiger partial charge in [0.05, 0.1) is 25.3 Å². The third kappa shape index (κ3) is 5.36. The zero-order chi connectivity index (χ0) is 18.1. The molecular formula is C19H19N3O3. The molecular weight excluding hydrogens is 318 g/mol. The van der Waals surface area contributed by atoms with E-state index in [0.717, 1.165) is 5.56 Å². The Kier molecular flexibility index (Phi) is 6.55. The van der Waals surface area contributed by atoms with E-state index in [1.807, 2.05) is 6.07 Å². The van der Waals surface area contributed by atoms with E-state index in [1.54, 1.807) is 60.7 Å². The molecule has 0 radical (unpaired) electrons. The predicted octanol–water partition coefficient (Wildman–Crippen LogP) is 2.59. The van der Waals surface area contributed by atoms with Crippen molar-refractivity contribution in [2.24, 2.45) is 0 Å². The Bertz CT molecular complexity index is 771. The van der Waals surface area contributed by atoms with Crippen LogP contribution in [0.1, 0.15) is 28.1 Å². The largest absolute Gasteiger partial charge is 0.467 e. The summed E-state index contributed by atoms with van der Waals surface area (Å²) in [5, 5.41) is 11.3. The van der Waals surface area contributed by atoms with Crippen LogP contribution in [0.15, 0.2) is 53.2 Å². The first-order chi connectivity index (χ1) is 12.1. The zero-order valence-corrected chi connectivity index (χ0v) is 13.9. The van der Waals surface area contributed by atoms with E-state index >= 15 is 0 Å². The van der Waals surface area contributed by atoms with Gasteiger partial charge >= 0.3 is 0 Å². The molecule has 25 heavy (non-hydrogen) atoms. The Balaban J connectivity index is 2.04. The van der Waals surface area contributed by atoms with Gasteiger partial charge in [-0.1, -0.05) is 12.1 Å². The molecule has 0 aliphatic rings. The van der Waals surface area contributed by atoms with E-state index in [2.05, 4.69) is 5.32 Å². The van der Waals surface area contributed by atoms with Crippen LogP contribution in [-0.2, 0) is 11.3 Å². The maximum absolute atomic E-state index is 12.4. The Morgan fingerprint density at radius 3 is 2.64 bits per heavy atom. The molecule has 0 bridgehead atoms. The first kappa shape index (κ1) is 18.0. The standard InChI is InChI=1S/C19H19N3O3/c1-21-19(24)16-8-5-15(6-9-16)7-10-18(23)22(12-3-11-20)14-17-4-2-13-25-17/h2,4-10,13H,3,12,14H2,1H3,(H,21,24)/b10-7+. The Labute approximate surface area is 146 Å². The number of carbonyl (C=O) groups is 2. The Morgan fingerprint density at radius 1 is 1.28 bits per heavy atom. The monoisotopic (exact) mass is 337 g/mol. The number of nitrogens with zero attached hydrogens (tertiary/aromatic N) is 2. The van der Waals surface area contributed by atoms with Gasteiger partial charge in [0.25, 0.3) is 5.91 Å². The minimum atomic E-state index is -0.206. The fourth-order valence-electron chi connectivity index (χ4n) is 2.21. The number of nitriles is 1. The Hall–Kier alpha value is -3.33. The van der Waals surface area contributed by atoms with E-state index in [4.69, 9.17) is 9.68 Å². The molecule has 0 atom stereocenters. The van der Waals surface area contributed by atoms with Crippen molar-refractivity contribution < 1.29 is 14.0 Å². The van der Waals surface area contributed by atoms with Crippen LogP contribution in [0.2, 0.25) is 0 Å². The second-order valence-electron chi connectivity index (χ2n) is 5.28. The summed E-state index contributed by atoms with van der Waals surface area (Å²) in [4.78, 5) is 25.5. The molecule has 2 rings (SSSR count). The molecule has 6 heteroatoms. The topological polar surface area (TPSA) is 86.3 Å². The smallest absolute Gasteiger partial charge is 0.251 e. The van der Waals surface area contributed by atoms with Crippen LogP contribution in [-0.4, -0.2) is 30.3 Å². The maximum atomic E-state index is 12.4. The summed E-state index contributed by atoms with van der Waals surface area (Å²) in [5.41, 5.74) is 1.36. The number of rotatable bonds is 7. The van der Waals surface area contributed by atoms with Crippen LogP contribution in [0.25, 0.3) is 6.08 Å². The molecule has 1 N–H and O–H groups in total. The van der Waals surface area contributed by atoms with Crippen LogP contribution in [0.5, 0.6) is 0 Å². The molecule has 0 unspecified atom stereocenters. The second kappa shape index (κ2) is 9.08. The van der Waals surface area contributed by atoms with Crippen molar-refractivity contribution in [1.29, 1.82) is 5.26 Å². The van der Waals surface area contributed by atoms with Crippen molar-refractivity contribution in [2.45, 2.75) is 13.0 Å². The minimum absolute atomic E-state index is 0.160. The summed E-state index contributed by atoms with van der Waals surface area (Å²) in [7, 11) is 1.57. The van der Waals surface area contributed by atoms with Crippen molar-refractivity contribution in [3.63, 3.8) is 0 Å². The van der Waals surface area contributed by atoms with Gasteiger partial charge in [0.15, 0.2) is 0 Å². The van der Waals surface area contributed by atoms with Gasteiger partial charge in [-0.3, -0.25) is 9.59 Å². The minimum Gasteiger partial charge on any atom is -0.467 e. The highest BCUT2D eigenvalue weighted by Crippen LogP contribution is 2.10. The van der Waals surface area contributed by atoms with Crippen molar-refractivity contribution >= 4 is 17.9 Å². The molecule has 1 heterocycles. The van der Waals surface area contributed by atoms with E-state index in [1.165, 1.54) is 6.08 Å². The lowest BCUT2D eigenvalue weighted by Gasteiger charge is -2.18. The predicted molar refractivity (Wildman–Crippen MR) is 93.2 cm³/mol. The number of hydrogen-bond acceptors (Lipinski definition) is 4. The van der Waals surface area contributed by atoms with E-state index in [9.17, 15) is 9.59 Å². The van der Waals surface area contributed by atoms with Gasteiger partial charge in [-0.25, -0.2) is 0 Å². The molecule has 0 aliphatic heterocycles. The number of nitrogens with one attached hydrogen (secondary N) is 1. The highest BCUT2D eigenvalue weighted by molar-refractivity contribution is 5.94. The lowest BCUT2D eigenvalue weighted by Crippen LogP contribution is -2.29. The lowest BCUT2D eigenvalue weighted by molar-refractivity contribution is -0.126. The number of benzene rings is 1. The first-order valence-electron chi connectivity index (χ1n) is 7.82. The average molecular weight is 337 g/mol. The number of amides is 2. The van der Waals surface area contributed by atoms with Crippen molar-refractivity contribution in [1.82, 2.24) is 10.2 Å². The highest BCUT2D eigenvalue weighted by atomic mass is 16.3. The first-order valence-corrected chi connectivity index (χ1v) is 7.82. The third-order valence-electron chi connectivity index (χ3n) is 3.55. The van der Waals surface area contributed by atoms with Gasteiger partial charge in [-0.2, -0.15) is 5.26 Å². The molecule has 2 amide bonds. The second-order valence-corrected chi connectivity index (χ2v) is 5.28. The van der Waals surface area contributed by atoms with Crippen molar-refractivity contribution in [2.75, 3.05) is 13.6 Å². The van der Waals surface area contributed by atoms with Crippen molar-refractivity contribution in [3.8, 4) is 6.07 Å². The molecule has 2 aromatic rings. The molecule has 128 valence electrons. The summed E-state index contributed by atoms with van der Waals surface area (Å²) in [5.74, 6) is 0.296. The van der Waals surface area contributed by atoms with Gasteiger partial charge in [-0.05, 0) is 35.9 Å². The number of carbonyl (C=O) groups excluding carboxylic acids is 2. The summed E-state index contributed by atoms with van der Waals surface area (Å²) < 4.78 is 5.26. The van der Waals surface area contributed by atoms with Gasteiger partial charge < -0.3 is 14.6 Å². The zero-order valence-electron chi connectivity index (χ0n) is 13.9.